The predicted octanol–water partition coefficient (Wildman–Crippen LogP) is 2.80. The summed E-state index contributed by atoms with van der Waals surface area (Å²) in [6.07, 6.45) is 0. The van der Waals surface area contributed by atoms with E-state index in [1.165, 1.54) is 6.07 Å². The molecule has 0 amide bonds. The maximum Gasteiger partial charge on any atom is 0.128 e. The molecule has 17 heavy (non-hydrogen) atoms. The van der Waals surface area contributed by atoms with Crippen LogP contribution >= 0.6 is 0 Å². The summed E-state index contributed by atoms with van der Waals surface area (Å²) in [6.45, 7) is 6.51. The molecule has 0 radical (unpaired) electrons. The van der Waals surface area contributed by atoms with Crippen LogP contribution in [0.1, 0.15) is 19.4 Å². The van der Waals surface area contributed by atoms with Gasteiger partial charge in [-0.1, -0.05) is 13.8 Å². The molecule has 3 nitrogen and oxygen atoms in total. The van der Waals surface area contributed by atoms with Crippen LogP contribution < -0.4 is 11.1 Å². The van der Waals surface area contributed by atoms with Gasteiger partial charge in [0.25, 0.3) is 0 Å². The highest BCUT2D eigenvalue weighted by Crippen LogP contribution is 2.24. The van der Waals surface area contributed by atoms with E-state index in [0.29, 0.717) is 23.8 Å². The second-order valence-electron chi connectivity index (χ2n) is 4.64. The van der Waals surface area contributed by atoms with Crippen molar-refractivity contribution in [2.24, 2.45) is 5.92 Å². The van der Waals surface area contributed by atoms with E-state index >= 15 is 0 Å². The number of benzene rings is 1. The van der Waals surface area contributed by atoms with Crippen LogP contribution in [0.2, 0.25) is 0 Å². The minimum Gasteiger partial charge on any atom is -0.397 e. The highest BCUT2D eigenvalue weighted by molar-refractivity contribution is 5.67. The molecule has 0 saturated heterocycles. The van der Waals surface area contributed by atoms with Crippen LogP contribution in [0, 0.1) is 18.7 Å². The summed E-state index contributed by atoms with van der Waals surface area (Å²) < 4.78 is 18.4. The zero-order chi connectivity index (χ0) is 13.0. The highest BCUT2D eigenvalue weighted by Gasteiger charge is 2.15. The number of nitrogen functional groups attached to an aromatic ring is 1. The minimum absolute atomic E-state index is 0.159. The molecule has 1 unspecified atom stereocenters. The Balaban J connectivity index is 2.89. The van der Waals surface area contributed by atoms with Crippen LogP contribution in [0.5, 0.6) is 0 Å². The van der Waals surface area contributed by atoms with Crippen molar-refractivity contribution < 1.29 is 9.13 Å². The lowest BCUT2D eigenvalue weighted by Crippen LogP contribution is -2.30. The number of aryl methyl sites for hydroxylation is 1. The van der Waals surface area contributed by atoms with E-state index in [-0.39, 0.29) is 11.9 Å². The van der Waals surface area contributed by atoms with E-state index in [4.69, 9.17) is 10.5 Å². The molecule has 1 aromatic carbocycles. The van der Waals surface area contributed by atoms with Gasteiger partial charge in [-0.3, -0.25) is 0 Å². The number of hydrogen-bond acceptors (Lipinski definition) is 3. The largest absolute Gasteiger partial charge is 0.397 e. The van der Waals surface area contributed by atoms with Gasteiger partial charge in [-0.05, 0) is 30.5 Å². The Labute approximate surface area is 102 Å². The maximum absolute atomic E-state index is 13.3. The molecular weight excluding hydrogens is 219 g/mol. The van der Waals surface area contributed by atoms with Crippen molar-refractivity contribution in [1.29, 1.82) is 0 Å². The van der Waals surface area contributed by atoms with Crippen molar-refractivity contribution in [3.63, 3.8) is 0 Å². The molecule has 0 saturated carbocycles. The van der Waals surface area contributed by atoms with Crippen molar-refractivity contribution >= 4 is 11.4 Å². The van der Waals surface area contributed by atoms with Crippen molar-refractivity contribution in [2.45, 2.75) is 26.8 Å². The van der Waals surface area contributed by atoms with Crippen LogP contribution in [-0.2, 0) is 4.74 Å². The molecule has 4 heteroatoms. The number of nitrogens with two attached hydrogens (primary N) is 1. The maximum atomic E-state index is 13.3. The molecule has 0 aliphatic rings. The SMILES string of the molecule is COCC(Nc1cc(C)c(F)cc1N)C(C)C. The quantitative estimate of drug-likeness (QED) is 0.778. The number of rotatable bonds is 5. The first-order chi connectivity index (χ1) is 7.95. The average Bonchev–Trinajstić information content (AvgIpc) is 2.24. The fourth-order valence-corrected chi connectivity index (χ4v) is 1.60. The lowest BCUT2D eigenvalue weighted by atomic mass is 10.0. The van der Waals surface area contributed by atoms with Gasteiger partial charge in [-0.25, -0.2) is 4.39 Å². The van der Waals surface area contributed by atoms with Gasteiger partial charge in [0.2, 0.25) is 0 Å². The van der Waals surface area contributed by atoms with Crippen molar-refractivity contribution in [3.8, 4) is 0 Å². The summed E-state index contributed by atoms with van der Waals surface area (Å²) >= 11 is 0. The molecule has 0 bridgehead atoms. The molecule has 0 heterocycles. The number of hydrogen-bond donors (Lipinski definition) is 2. The Morgan fingerprint density at radius 3 is 2.59 bits per heavy atom. The Morgan fingerprint density at radius 2 is 2.06 bits per heavy atom. The van der Waals surface area contributed by atoms with Crippen molar-refractivity contribution in [3.05, 3.63) is 23.5 Å². The van der Waals surface area contributed by atoms with Gasteiger partial charge in [0.1, 0.15) is 5.82 Å². The predicted molar refractivity (Wildman–Crippen MR) is 69.7 cm³/mol. The lowest BCUT2D eigenvalue weighted by Gasteiger charge is -2.24. The van der Waals surface area contributed by atoms with E-state index in [1.54, 1.807) is 20.1 Å². The first-order valence-electron chi connectivity index (χ1n) is 5.76. The fourth-order valence-electron chi connectivity index (χ4n) is 1.60. The zero-order valence-electron chi connectivity index (χ0n) is 10.9. The van der Waals surface area contributed by atoms with E-state index in [1.807, 2.05) is 0 Å². The summed E-state index contributed by atoms with van der Waals surface area (Å²) in [4.78, 5) is 0. The van der Waals surface area contributed by atoms with Gasteiger partial charge >= 0.3 is 0 Å². The molecule has 0 aromatic heterocycles. The van der Waals surface area contributed by atoms with Gasteiger partial charge < -0.3 is 15.8 Å². The third-order valence-corrected chi connectivity index (χ3v) is 2.82. The normalized spacial score (nSPS) is 12.8. The molecule has 1 rings (SSSR count). The standard InChI is InChI=1S/C13H21FN2O/c1-8(2)13(7-17-4)16-12-5-9(3)10(14)6-11(12)15/h5-6,8,13,16H,7,15H2,1-4H3. The molecule has 0 spiro atoms. The topological polar surface area (TPSA) is 47.3 Å². The molecular formula is C13H21FN2O. The first-order valence-corrected chi connectivity index (χ1v) is 5.76. The van der Waals surface area contributed by atoms with Crippen LogP contribution in [0.4, 0.5) is 15.8 Å². The van der Waals surface area contributed by atoms with Gasteiger partial charge in [0.15, 0.2) is 0 Å². The Morgan fingerprint density at radius 1 is 1.41 bits per heavy atom. The van der Waals surface area contributed by atoms with Gasteiger partial charge in [-0.15, -0.1) is 0 Å². The number of anilines is 2. The average molecular weight is 240 g/mol. The summed E-state index contributed by atoms with van der Waals surface area (Å²) in [6, 6.07) is 3.24. The smallest absolute Gasteiger partial charge is 0.128 e. The second-order valence-corrected chi connectivity index (χ2v) is 4.64. The molecule has 1 aromatic rings. The van der Waals surface area contributed by atoms with Gasteiger partial charge in [0.05, 0.1) is 24.0 Å². The molecule has 0 fully saturated rings. The van der Waals surface area contributed by atoms with Gasteiger partial charge in [0, 0.05) is 7.11 Å². The summed E-state index contributed by atoms with van der Waals surface area (Å²) in [5, 5.41) is 3.30. The van der Waals surface area contributed by atoms with Crippen molar-refractivity contribution in [2.75, 3.05) is 24.8 Å². The first kappa shape index (κ1) is 13.8. The van der Waals surface area contributed by atoms with E-state index in [2.05, 4.69) is 19.2 Å². The third kappa shape index (κ3) is 3.60. The Bertz CT molecular complexity index is 380. The summed E-state index contributed by atoms with van der Waals surface area (Å²) in [5.74, 6) is 0.126. The van der Waals surface area contributed by atoms with Crippen LogP contribution in [0.15, 0.2) is 12.1 Å². The number of nitrogens with one attached hydrogen (secondary N) is 1. The van der Waals surface area contributed by atoms with E-state index in [0.717, 1.165) is 5.69 Å². The summed E-state index contributed by atoms with van der Waals surface area (Å²) in [7, 11) is 1.66. The Kier molecular flexibility index (Phi) is 4.75. The molecule has 0 aliphatic carbocycles. The monoisotopic (exact) mass is 240 g/mol. The summed E-state index contributed by atoms with van der Waals surface area (Å²) in [5.41, 5.74) is 7.57. The van der Waals surface area contributed by atoms with Crippen LogP contribution in [-0.4, -0.2) is 19.8 Å². The highest BCUT2D eigenvalue weighted by atomic mass is 19.1. The zero-order valence-corrected chi connectivity index (χ0v) is 10.9. The molecule has 96 valence electrons. The van der Waals surface area contributed by atoms with Crippen LogP contribution in [0.25, 0.3) is 0 Å². The van der Waals surface area contributed by atoms with E-state index in [9.17, 15) is 4.39 Å². The molecule has 1 atom stereocenters. The number of methoxy groups -OCH3 is 1. The lowest BCUT2D eigenvalue weighted by molar-refractivity contribution is 0.171. The second kappa shape index (κ2) is 5.87. The van der Waals surface area contributed by atoms with Gasteiger partial charge in [-0.2, -0.15) is 0 Å². The molecule has 3 N–H and O–H groups in total. The minimum atomic E-state index is -0.277. The van der Waals surface area contributed by atoms with Crippen molar-refractivity contribution in [1.82, 2.24) is 0 Å². The molecule has 0 aliphatic heterocycles. The third-order valence-electron chi connectivity index (χ3n) is 2.82. The van der Waals surface area contributed by atoms with Crippen LogP contribution in [0.3, 0.4) is 0 Å². The fraction of sp³-hybridized carbons (Fsp3) is 0.538. The number of ether oxygens (including phenoxy) is 1. The number of halogens is 1. The Hall–Kier alpha value is -1.29. The van der Waals surface area contributed by atoms with E-state index < -0.39 is 0 Å².